The largest absolute Gasteiger partial charge is 0.465 e. The van der Waals surface area contributed by atoms with Crippen molar-refractivity contribution in [1.82, 2.24) is 0 Å². The molecule has 0 bridgehead atoms. The van der Waals surface area contributed by atoms with Crippen molar-refractivity contribution in [3.63, 3.8) is 0 Å². The molecule has 0 aliphatic carbocycles. The van der Waals surface area contributed by atoms with E-state index in [0.29, 0.717) is 0 Å². The summed E-state index contributed by atoms with van der Waals surface area (Å²) < 4.78 is 0. The van der Waals surface area contributed by atoms with Crippen molar-refractivity contribution >= 4 is 6.09 Å². The molecule has 96 valence electrons. The van der Waals surface area contributed by atoms with Crippen molar-refractivity contribution in [2.24, 2.45) is 5.73 Å². The fraction of sp³-hybridized carbons (Fsp3) is 0.500. The van der Waals surface area contributed by atoms with Crippen LogP contribution in [0.15, 0.2) is 12.1 Å². The molecular formula is C14H23NO2. The maximum atomic E-state index is 8.78. The number of carbonyl (C=O) groups is 1. The van der Waals surface area contributed by atoms with Gasteiger partial charge in [-0.15, -0.1) is 0 Å². The number of amides is 1. The molecule has 1 amide bonds. The van der Waals surface area contributed by atoms with Crippen molar-refractivity contribution in [1.29, 1.82) is 0 Å². The maximum Gasteiger partial charge on any atom is 0.402 e. The van der Waals surface area contributed by atoms with E-state index < -0.39 is 6.09 Å². The summed E-state index contributed by atoms with van der Waals surface area (Å²) in [6, 6.07) is 4.54. The van der Waals surface area contributed by atoms with Gasteiger partial charge in [0.15, 0.2) is 0 Å². The molecule has 0 saturated heterocycles. The molecule has 0 unspecified atom stereocenters. The van der Waals surface area contributed by atoms with E-state index in [0.717, 1.165) is 0 Å². The predicted molar refractivity (Wildman–Crippen MR) is 71.6 cm³/mol. The standard InChI is InChI=1S/C13H20.CH3NO2/c1-9-7-10(2)12(11(3)8-9)13(4,5)6;2-1(3)4/h7-8H,1-6H3;2H2,(H,3,4). The maximum absolute atomic E-state index is 8.78. The number of hydrogen-bond donors (Lipinski definition) is 2. The molecule has 1 rings (SSSR count). The minimum atomic E-state index is -1.33. The first kappa shape index (κ1) is 15.5. The number of hydrogen-bond acceptors (Lipinski definition) is 1. The molecule has 0 saturated carbocycles. The second-order valence-electron chi connectivity index (χ2n) is 5.36. The Kier molecular flexibility index (Phi) is 5.20. The van der Waals surface area contributed by atoms with Gasteiger partial charge in [0.25, 0.3) is 0 Å². The zero-order chi connectivity index (χ0) is 13.8. The quantitative estimate of drug-likeness (QED) is 0.725. The Hall–Kier alpha value is -1.51. The van der Waals surface area contributed by atoms with Crippen LogP contribution >= 0.6 is 0 Å². The number of nitrogens with two attached hydrogens (primary N) is 1. The molecule has 3 heteroatoms. The lowest BCUT2D eigenvalue weighted by molar-refractivity contribution is 0.205. The van der Waals surface area contributed by atoms with Gasteiger partial charge in [0, 0.05) is 0 Å². The van der Waals surface area contributed by atoms with E-state index in [2.05, 4.69) is 59.4 Å². The van der Waals surface area contributed by atoms with Gasteiger partial charge in [-0.2, -0.15) is 0 Å². The molecule has 0 spiro atoms. The monoisotopic (exact) mass is 237 g/mol. The molecule has 0 radical (unpaired) electrons. The third-order valence-electron chi connectivity index (χ3n) is 2.43. The molecule has 1 aromatic carbocycles. The van der Waals surface area contributed by atoms with Crippen LogP contribution in [0.25, 0.3) is 0 Å². The van der Waals surface area contributed by atoms with E-state index in [4.69, 9.17) is 9.90 Å². The van der Waals surface area contributed by atoms with Crippen LogP contribution in [0.2, 0.25) is 0 Å². The summed E-state index contributed by atoms with van der Waals surface area (Å²) in [6.07, 6.45) is -1.33. The Morgan fingerprint density at radius 3 is 1.65 bits per heavy atom. The smallest absolute Gasteiger partial charge is 0.402 e. The summed E-state index contributed by atoms with van der Waals surface area (Å²) in [5.41, 5.74) is 10.00. The minimum Gasteiger partial charge on any atom is -0.465 e. The van der Waals surface area contributed by atoms with Crippen LogP contribution in [0.5, 0.6) is 0 Å². The normalized spacial score (nSPS) is 10.5. The first-order chi connectivity index (χ1) is 7.55. The van der Waals surface area contributed by atoms with Crippen molar-refractivity contribution in [2.75, 3.05) is 0 Å². The molecule has 0 atom stereocenters. The van der Waals surface area contributed by atoms with Gasteiger partial charge in [-0.3, -0.25) is 0 Å². The van der Waals surface area contributed by atoms with Gasteiger partial charge in [-0.05, 0) is 42.9 Å². The molecule has 0 aromatic heterocycles. The number of carboxylic acid groups (broad SMARTS) is 1. The third kappa shape index (κ3) is 5.38. The molecule has 0 fully saturated rings. The summed E-state index contributed by atoms with van der Waals surface area (Å²) in [6.45, 7) is 13.4. The van der Waals surface area contributed by atoms with E-state index in [9.17, 15) is 0 Å². The Balaban J connectivity index is 0.000000557. The van der Waals surface area contributed by atoms with Gasteiger partial charge in [0.1, 0.15) is 0 Å². The van der Waals surface area contributed by atoms with E-state index in [1.807, 2.05) is 0 Å². The van der Waals surface area contributed by atoms with Gasteiger partial charge in [0.2, 0.25) is 0 Å². The molecular weight excluding hydrogens is 214 g/mol. The fourth-order valence-electron chi connectivity index (χ4n) is 2.36. The van der Waals surface area contributed by atoms with Gasteiger partial charge >= 0.3 is 6.09 Å². The number of primary amides is 1. The van der Waals surface area contributed by atoms with Crippen LogP contribution in [-0.2, 0) is 5.41 Å². The second-order valence-corrected chi connectivity index (χ2v) is 5.36. The zero-order valence-electron chi connectivity index (χ0n) is 11.6. The van der Waals surface area contributed by atoms with E-state index >= 15 is 0 Å². The second kappa shape index (κ2) is 5.71. The summed E-state index contributed by atoms with van der Waals surface area (Å²) in [7, 11) is 0. The van der Waals surface area contributed by atoms with Crippen LogP contribution in [-0.4, -0.2) is 11.2 Å². The number of benzene rings is 1. The molecule has 17 heavy (non-hydrogen) atoms. The lowest BCUT2D eigenvalue weighted by Crippen LogP contribution is -2.15. The minimum absolute atomic E-state index is 0.266. The van der Waals surface area contributed by atoms with Gasteiger partial charge in [0.05, 0.1) is 0 Å². The lowest BCUT2D eigenvalue weighted by Gasteiger charge is -2.24. The fourth-order valence-corrected chi connectivity index (χ4v) is 2.36. The molecule has 0 aliphatic rings. The van der Waals surface area contributed by atoms with Crippen molar-refractivity contribution in [2.45, 2.75) is 47.0 Å². The Morgan fingerprint density at radius 1 is 1.12 bits per heavy atom. The molecule has 3 N–H and O–H groups in total. The topological polar surface area (TPSA) is 63.3 Å². The molecule has 0 heterocycles. The first-order valence-corrected chi connectivity index (χ1v) is 5.62. The average Bonchev–Trinajstić information content (AvgIpc) is 1.95. The Morgan fingerprint density at radius 2 is 1.41 bits per heavy atom. The summed E-state index contributed by atoms with van der Waals surface area (Å²) in [4.78, 5) is 8.78. The predicted octanol–water partition coefficient (Wildman–Crippen LogP) is 3.53. The van der Waals surface area contributed by atoms with E-state index in [1.54, 1.807) is 0 Å². The average molecular weight is 237 g/mol. The zero-order valence-corrected chi connectivity index (χ0v) is 11.6. The van der Waals surface area contributed by atoms with E-state index in [1.165, 1.54) is 22.3 Å². The number of aryl methyl sites for hydroxylation is 3. The van der Waals surface area contributed by atoms with Gasteiger partial charge in [-0.1, -0.05) is 38.5 Å². The molecule has 1 aromatic rings. The molecule has 3 nitrogen and oxygen atoms in total. The van der Waals surface area contributed by atoms with Crippen LogP contribution in [0.1, 0.15) is 43.0 Å². The highest BCUT2D eigenvalue weighted by Gasteiger charge is 2.18. The van der Waals surface area contributed by atoms with Crippen molar-refractivity contribution < 1.29 is 9.90 Å². The van der Waals surface area contributed by atoms with Crippen LogP contribution in [0, 0.1) is 20.8 Å². The summed E-state index contributed by atoms with van der Waals surface area (Å²) in [5.74, 6) is 0. The Bertz CT molecular complexity index is 376. The van der Waals surface area contributed by atoms with Crippen molar-refractivity contribution in [3.05, 3.63) is 34.4 Å². The third-order valence-corrected chi connectivity index (χ3v) is 2.43. The SMILES string of the molecule is Cc1cc(C)c(C(C)(C)C)c(C)c1.NC(=O)O. The summed E-state index contributed by atoms with van der Waals surface area (Å²) >= 11 is 0. The summed E-state index contributed by atoms with van der Waals surface area (Å²) in [5, 5.41) is 7.19. The van der Waals surface area contributed by atoms with Crippen LogP contribution in [0.3, 0.4) is 0 Å². The number of rotatable bonds is 0. The highest BCUT2D eigenvalue weighted by molar-refractivity contribution is 5.61. The van der Waals surface area contributed by atoms with Crippen LogP contribution in [0.4, 0.5) is 4.79 Å². The molecule has 0 aliphatic heterocycles. The highest BCUT2D eigenvalue weighted by Crippen LogP contribution is 2.29. The van der Waals surface area contributed by atoms with Crippen LogP contribution < -0.4 is 5.73 Å². The lowest BCUT2D eigenvalue weighted by atomic mass is 9.80. The highest BCUT2D eigenvalue weighted by atomic mass is 16.4. The Labute approximate surface area is 104 Å². The van der Waals surface area contributed by atoms with Gasteiger partial charge in [-0.25, -0.2) is 4.79 Å². The first-order valence-electron chi connectivity index (χ1n) is 5.62. The van der Waals surface area contributed by atoms with Gasteiger partial charge < -0.3 is 10.8 Å². The van der Waals surface area contributed by atoms with Crippen molar-refractivity contribution in [3.8, 4) is 0 Å². The van der Waals surface area contributed by atoms with E-state index in [-0.39, 0.29) is 5.41 Å².